The Morgan fingerprint density at radius 2 is 1.69 bits per heavy atom. The van der Waals surface area contributed by atoms with Crippen molar-refractivity contribution < 1.29 is 18.7 Å². The maximum Gasteiger partial charge on any atom is 0.270 e. The molecule has 4 aromatic rings. The van der Waals surface area contributed by atoms with Gasteiger partial charge in [0.15, 0.2) is 15.8 Å². The molecule has 180 valence electrons. The van der Waals surface area contributed by atoms with Gasteiger partial charge < -0.3 is 9.47 Å². The van der Waals surface area contributed by atoms with Crippen LogP contribution in [0.1, 0.15) is 18.1 Å². The quantitative estimate of drug-likeness (QED) is 0.190. The van der Waals surface area contributed by atoms with E-state index in [-0.39, 0.29) is 15.9 Å². The zero-order valence-electron chi connectivity index (χ0n) is 19.4. The third-order valence-corrected chi connectivity index (χ3v) is 6.96. The van der Waals surface area contributed by atoms with Crippen LogP contribution >= 0.6 is 24.0 Å². The average molecular weight is 516 g/mol. The molecular formula is C29H22FNO3S2. The predicted molar refractivity (Wildman–Crippen MR) is 148 cm³/mol. The Bertz CT molecular complexity index is 1500. The summed E-state index contributed by atoms with van der Waals surface area (Å²) >= 11 is 6.51. The molecule has 7 heteroatoms. The molecule has 4 nitrogen and oxygen atoms in total. The molecule has 1 heterocycles. The van der Waals surface area contributed by atoms with Gasteiger partial charge in [0.2, 0.25) is 0 Å². The maximum absolute atomic E-state index is 14.3. The summed E-state index contributed by atoms with van der Waals surface area (Å²) in [5.74, 6) is 0.337. The van der Waals surface area contributed by atoms with Gasteiger partial charge in [-0.3, -0.25) is 9.69 Å². The van der Waals surface area contributed by atoms with Crippen molar-refractivity contribution in [3.05, 3.63) is 107 Å². The second kappa shape index (κ2) is 10.5. The van der Waals surface area contributed by atoms with Gasteiger partial charge in [-0.25, -0.2) is 4.39 Å². The Balaban J connectivity index is 1.36. The van der Waals surface area contributed by atoms with Gasteiger partial charge in [-0.05, 0) is 65.2 Å². The molecule has 0 atom stereocenters. The van der Waals surface area contributed by atoms with E-state index in [1.165, 1.54) is 22.4 Å². The molecule has 1 fully saturated rings. The van der Waals surface area contributed by atoms with E-state index in [4.69, 9.17) is 21.7 Å². The smallest absolute Gasteiger partial charge is 0.270 e. The van der Waals surface area contributed by atoms with Crippen LogP contribution in [0.15, 0.2) is 89.8 Å². The molecule has 4 aromatic carbocycles. The van der Waals surface area contributed by atoms with Crippen molar-refractivity contribution in [3.8, 4) is 11.5 Å². The minimum Gasteiger partial charge on any atom is -0.490 e. The van der Waals surface area contributed by atoms with Crippen LogP contribution in [-0.2, 0) is 11.4 Å². The number of nitrogens with zero attached hydrogens (tertiary/aromatic N) is 1. The zero-order valence-corrected chi connectivity index (χ0v) is 21.1. The Kier molecular flexibility index (Phi) is 7.02. The third-order valence-electron chi connectivity index (χ3n) is 5.66. The number of carbonyl (C=O) groups excluding carboxylic acids is 1. The molecule has 1 aliphatic heterocycles. The molecule has 0 unspecified atom stereocenters. The number of ether oxygens (including phenoxy) is 2. The van der Waals surface area contributed by atoms with Crippen LogP contribution in [0.5, 0.6) is 11.5 Å². The summed E-state index contributed by atoms with van der Waals surface area (Å²) in [6.45, 7) is 2.76. The lowest BCUT2D eigenvalue weighted by atomic mass is 10.1. The van der Waals surface area contributed by atoms with Gasteiger partial charge in [-0.2, -0.15) is 0 Å². The summed E-state index contributed by atoms with van der Waals surface area (Å²) < 4.78 is 26.5. The number of rotatable bonds is 7. The number of halogens is 1. The number of thiocarbonyl (C=S) groups is 1. The van der Waals surface area contributed by atoms with E-state index < -0.39 is 5.82 Å². The van der Waals surface area contributed by atoms with E-state index in [1.54, 1.807) is 18.2 Å². The number of hydrogen-bond donors (Lipinski definition) is 0. The molecule has 5 rings (SSSR count). The van der Waals surface area contributed by atoms with Crippen molar-refractivity contribution >= 4 is 56.7 Å². The number of thioether (sulfide) groups is 1. The number of carbonyl (C=O) groups is 1. The Morgan fingerprint density at radius 3 is 2.50 bits per heavy atom. The topological polar surface area (TPSA) is 38.8 Å². The molecule has 0 bridgehead atoms. The van der Waals surface area contributed by atoms with Crippen LogP contribution in [0.4, 0.5) is 10.1 Å². The molecular weight excluding hydrogens is 493 g/mol. The standard InChI is InChI=1S/C29H22FNO3S2/c1-2-33-26-16-19(17-27-28(32)31(29(35)36-27)24-10-6-5-9-23(24)30)12-14-25(26)34-18-20-11-13-21-7-3-4-8-22(21)15-20/h3-17H,2,18H2,1H3/b27-17-. The van der Waals surface area contributed by atoms with Crippen LogP contribution in [0.25, 0.3) is 16.8 Å². The fraction of sp³-hybridized carbons (Fsp3) is 0.103. The van der Waals surface area contributed by atoms with Crippen LogP contribution in [0.2, 0.25) is 0 Å². The second-order valence-corrected chi connectivity index (χ2v) is 9.75. The first-order valence-corrected chi connectivity index (χ1v) is 12.7. The minimum atomic E-state index is -0.499. The van der Waals surface area contributed by atoms with Gasteiger partial charge in [-0.1, -0.05) is 78.6 Å². The normalized spacial score (nSPS) is 14.6. The highest BCUT2D eigenvalue weighted by Gasteiger charge is 2.34. The third kappa shape index (κ3) is 4.98. The lowest BCUT2D eigenvalue weighted by molar-refractivity contribution is -0.113. The van der Waals surface area contributed by atoms with E-state index in [1.807, 2.05) is 37.3 Å². The lowest BCUT2D eigenvalue weighted by Gasteiger charge is -2.15. The van der Waals surface area contributed by atoms with Gasteiger partial charge in [0.1, 0.15) is 12.4 Å². The Morgan fingerprint density at radius 1 is 0.917 bits per heavy atom. The number of amides is 1. The Labute approximate surface area is 218 Å². The summed E-state index contributed by atoms with van der Waals surface area (Å²) in [5.41, 5.74) is 1.96. The number of hydrogen-bond acceptors (Lipinski definition) is 5. The summed E-state index contributed by atoms with van der Waals surface area (Å²) in [6, 6.07) is 26.0. The summed E-state index contributed by atoms with van der Waals surface area (Å²) in [4.78, 5) is 14.7. The second-order valence-electron chi connectivity index (χ2n) is 8.08. The average Bonchev–Trinajstić information content (AvgIpc) is 3.16. The van der Waals surface area contributed by atoms with Crippen molar-refractivity contribution in [2.75, 3.05) is 11.5 Å². The largest absolute Gasteiger partial charge is 0.490 e. The number of para-hydroxylation sites is 1. The van der Waals surface area contributed by atoms with E-state index in [0.29, 0.717) is 29.6 Å². The van der Waals surface area contributed by atoms with Crippen LogP contribution in [0, 0.1) is 5.82 Å². The summed E-state index contributed by atoms with van der Waals surface area (Å²) in [7, 11) is 0. The SMILES string of the molecule is CCOc1cc(/C=C2\SC(=S)N(c3ccccc3F)C2=O)ccc1OCc1ccc2ccccc2c1. The van der Waals surface area contributed by atoms with Crippen LogP contribution < -0.4 is 14.4 Å². The molecule has 0 aromatic heterocycles. The highest BCUT2D eigenvalue weighted by molar-refractivity contribution is 8.27. The molecule has 0 radical (unpaired) electrons. The van der Waals surface area contributed by atoms with Crippen LogP contribution in [-0.4, -0.2) is 16.8 Å². The minimum absolute atomic E-state index is 0.149. The van der Waals surface area contributed by atoms with E-state index in [2.05, 4.69) is 30.3 Å². The number of benzene rings is 4. The van der Waals surface area contributed by atoms with Gasteiger partial charge in [0, 0.05) is 0 Å². The van der Waals surface area contributed by atoms with Crippen molar-refractivity contribution in [1.82, 2.24) is 0 Å². The summed E-state index contributed by atoms with van der Waals surface area (Å²) in [6.07, 6.45) is 1.73. The maximum atomic E-state index is 14.3. The molecule has 1 saturated heterocycles. The number of fused-ring (bicyclic) bond motifs is 1. The molecule has 0 spiro atoms. The fourth-order valence-corrected chi connectivity index (χ4v) is 5.24. The first-order valence-electron chi connectivity index (χ1n) is 11.4. The van der Waals surface area contributed by atoms with E-state index >= 15 is 0 Å². The highest BCUT2D eigenvalue weighted by atomic mass is 32.2. The first-order chi connectivity index (χ1) is 17.5. The molecule has 0 N–H and O–H groups in total. The van der Waals surface area contributed by atoms with E-state index in [0.717, 1.165) is 28.3 Å². The fourth-order valence-electron chi connectivity index (χ4n) is 3.95. The monoisotopic (exact) mass is 515 g/mol. The van der Waals surface area contributed by atoms with Crippen LogP contribution in [0.3, 0.4) is 0 Å². The van der Waals surface area contributed by atoms with Crippen molar-refractivity contribution in [2.24, 2.45) is 0 Å². The van der Waals surface area contributed by atoms with Crippen molar-refractivity contribution in [2.45, 2.75) is 13.5 Å². The van der Waals surface area contributed by atoms with Gasteiger partial charge in [0.25, 0.3) is 5.91 Å². The highest BCUT2D eigenvalue weighted by Crippen LogP contribution is 2.38. The van der Waals surface area contributed by atoms with Gasteiger partial charge in [0.05, 0.1) is 17.2 Å². The van der Waals surface area contributed by atoms with Crippen molar-refractivity contribution in [3.63, 3.8) is 0 Å². The van der Waals surface area contributed by atoms with E-state index in [9.17, 15) is 9.18 Å². The van der Waals surface area contributed by atoms with Gasteiger partial charge in [-0.15, -0.1) is 0 Å². The lowest BCUT2D eigenvalue weighted by Crippen LogP contribution is -2.28. The van der Waals surface area contributed by atoms with Crippen molar-refractivity contribution in [1.29, 1.82) is 0 Å². The first kappa shape index (κ1) is 24.0. The molecule has 36 heavy (non-hydrogen) atoms. The molecule has 1 aliphatic rings. The Hall–Kier alpha value is -3.68. The number of anilines is 1. The molecule has 1 amide bonds. The predicted octanol–water partition coefficient (Wildman–Crippen LogP) is 7.36. The zero-order chi connectivity index (χ0) is 25.1. The molecule has 0 aliphatic carbocycles. The summed E-state index contributed by atoms with van der Waals surface area (Å²) in [5, 5.41) is 2.34. The molecule has 0 saturated carbocycles. The van der Waals surface area contributed by atoms with Gasteiger partial charge >= 0.3 is 0 Å².